The number of rotatable bonds is 9. The minimum absolute atomic E-state index is 0.00383. The van der Waals surface area contributed by atoms with Crippen molar-refractivity contribution in [3.63, 3.8) is 0 Å². The average Bonchev–Trinajstić information content (AvgIpc) is 2.66. The van der Waals surface area contributed by atoms with Gasteiger partial charge in [-0.05, 0) is 56.2 Å². The standard InChI is InChI=1S/C21H28N4O2S/c1-5-7-20(27)25-17-9-6-8-16(12-17)13-22-19(26)11-10-18-14(2)23-21(28-4)24-15(18)3/h6,8-9,12H,5,7,10-11,13H2,1-4H3,(H,22,26)(H,25,27). The summed E-state index contributed by atoms with van der Waals surface area (Å²) in [6, 6.07) is 7.54. The highest BCUT2D eigenvalue weighted by molar-refractivity contribution is 7.98. The van der Waals surface area contributed by atoms with E-state index in [2.05, 4.69) is 20.6 Å². The van der Waals surface area contributed by atoms with Crippen molar-refractivity contribution in [2.24, 2.45) is 0 Å². The Hall–Kier alpha value is -2.41. The highest BCUT2D eigenvalue weighted by Gasteiger charge is 2.11. The summed E-state index contributed by atoms with van der Waals surface area (Å²) in [7, 11) is 0. The summed E-state index contributed by atoms with van der Waals surface area (Å²) >= 11 is 1.52. The number of hydrogen-bond donors (Lipinski definition) is 2. The van der Waals surface area contributed by atoms with Crippen LogP contribution < -0.4 is 10.6 Å². The van der Waals surface area contributed by atoms with E-state index in [4.69, 9.17) is 0 Å². The lowest BCUT2D eigenvalue weighted by atomic mass is 10.1. The average molecular weight is 401 g/mol. The van der Waals surface area contributed by atoms with Gasteiger partial charge in [-0.1, -0.05) is 30.8 Å². The zero-order valence-electron chi connectivity index (χ0n) is 17.0. The van der Waals surface area contributed by atoms with Crippen molar-refractivity contribution >= 4 is 29.3 Å². The molecule has 0 unspecified atom stereocenters. The summed E-state index contributed by atoms with van der Waals surface area (Å²) in [6.45, 7) is 6.31. The van der Waals surface area contributed by atoms with Crippen molar-refractivity contribution in [3.05, 3.63) is 46.8 Å². The molecule has 0 atom stereocenters. The molecule has 0 spiro atoms. The van der Waals surface area contributed by atoms with Crippen LogP contribution in [0.5, 0.6) is 0 Å². The Kier molecular flexibility index (Phi) is 8.44. The van der Waals surface area contributed by atoms with Gasteiger partial charge in [-0.3, -0.25) is 9.59 Å². The lowest BCUT2D eigenvalue weighted by molar-refractivity contribution is -0.121. The van der Waals surface area contributed by atoms with Gasteiger partial charge in [0.2, 0.25) is 11.8 Å². The minimum Gasteiger partial charge on any atom is -0.352 e. The van der Waals surface area contributed by atoms with Gasteiger partial charge in [0.1, 0.15) is 0 Å². The van der Waals surface area contributed by atoms with Crippen LogP contribution in [-0.4, -0.2) is 28.0 Å². The molecule has 2 N–H and O–H groups in total. The second kappa shape index (κ2) is 10.8. The molecule has 0 aliphatic carbocycles. The number of hydrogen-bond acceptors (Lipinski definition) is 5. The van der Waals surface area contributed by atoms with E-state index >= 15 is 0 Å². The Morgan fingerprint density at radius 3 is 2.43 bits per heavy atom. The molecule has 150 valence electrons. The molecule has 1 aromatic heterocycles. The van der Waals surface area contributed by atoms with Crippen LogP contribution in [0.1, 0.15) is 48.7 Å². The Labute approximate surface area is 170 Å². The fraction of sp³-hybridized carbons (Fsp3) is 0.429. The quantitative estimate of drug-likeness (QED) is 0.494. The summed E-state index contributed by atoms with van der Waals surface area (Å²) in [6.07, 6.45) is 4.26. The summed E-state index contributed by atoms with van der Waals surface area (Å²) in [4.78, 5) is 32.9. The third kappa shape index (κ3) is 6.64. The number of aryl methyl sites for hydroxylation is 2. The van der Waals surface area contributed by atoms with E-state index in [1.807, 2.05) is 51.3 Å². The van der Waals surface area contributed by atoms with Crippen molar-refractivity contribution in [2.45, 2.75) is 58.2 Å². The van der Waals surface area contributed by atoms with Crippen LogP contribution in [0.25, 0.3) is 0 Å². The SMILES string of the molecule is CCCC(=O)Nc1cccc(CNC(=O)CCc2c(C)nc(SC)nc2C)c1. The predicted molar refractivity (Wildman–Crippen MR) is 113 cm³/mol. The molecule has 2 amide bonds. The van der Waals surface area contributed by atoms with Crippen LogP contribution in [-0.2, 0) is 22.6 Å². The molecule has 28 heavy (non-hydrogen) atoms. The maximum absolute atomic E-state index is 12.3. The van der Waals surface area contributed by atoms with Crippen molar-refractivity contribution in [3.8, 4) is 0 Å². The van der Waals surface area contributed by atoms with Gasteiger partial charge in [0, 0.05) is 36.5 Å². The molecule has 2 rings (SSSR count). The molecule has 0 aliphatic heterocycles. The first-order valence-electron chi connectivity index (χ1n) is 9.46. The highest BCUT2D eigenvalue weighted by atomic mass is 32.2. The third-order valence-electron chi connectivity index (χ3n) is 4.36. The van der Waals surface area contributed by atoms with Crippen LogP contribution in [0.2, 0.25) is 0 Å². The zero-order chi connectivity index (χ0) is 20.5. The maximum atomic E-state index is 12.3. The summed E-state index contributed by atoms with van der Waals surface area (Å²) in [5.74, 6) is -0.0164. The molecule has 1 aromatic carbocycles. The van der Waals surface area contributed by atoms with E-state index in [9.17, 15) is 9.59 Å². The monoisotopic (exact) mass is 400 g/mol. The van der Waals surface area contributed by atoms with Crippen molar-refractivity contribution in [1.29, 1.82) is 0 Å². The molecule has 0 aliphatic rings. The molecular formula is C21H28N4O2S. The molecule has 0 radical (unpaired) electrons. The predicted octanol–water partition coefficient (Wildman–Crippen LogP) is 3.80. The van der Waals surface area contributed by atoms with Crippen LogP contribution >= 0.6 is 11.8 Å². The molecule has 0 fully saturated rings. The molecule has 7 heteroatoms. The second-order valence-corrected chi connectivity index (χ2v) is 7.41. The molecule has 0 bridgehead atoms. The van der Waals surface area contributed by atoms with Gasteiger partial charge >= 0.3 is 0 Å². The first-order chi connectivity index (χ1) is 13.4. The maximum Gasteiger partial charge on any atom is 0.224 e. The number of aromatic nitrogens is 2. The molecule has 2 aromatic rings. The van der Waals surface area contributed by atoms with Crippen LogP contribution in [0, 0.1) is 13.8 Å². The lowest BCUT2D eigenvalue weighted by Crippen LogP contribution is -2.23. The lowest BCUT2D eigenvalue weighted by Gasteiger charge is -2.11. The zero-order valence-corrected chi connectivity index (χ0v) is 17.8. The fourth-order valence-electron chi connectivity index (χ4n) is 2.90. The van der Waals surface area contributed by atoms with Gasteiger partial charge in [0.05, 0.1) is 0 Å². The van der Waals surface area contributed by atoms with E-state index in [1.54, 1.807) is 0 Å². The first-order valence-corrected chi connectivity index (χ1v) is 10.7. The molecule has 1 heterocycles. The van der Waals surface area contributed by atoms with Crippen molar-refractivity contribution in [2.75, 3.05) is 11.6 Å². The molecule has 0 saturated heterocycles. The summed E-state index contributed by atoms with van der Waals surface area (Å²) < 4.78 is 0. The van der Waals surface area contributed by atoms with Crippen LogP contribution in [0.15, 0.2) is 29.4 Å². The van der Waals surface area contributed by atoms with E-state index in [1.165, 1.54) is 11.8 Å². The summed E-state index contributed by atoms with van der Waals surface area (Å²) in [5, 5.41) is 6.57. The normalized spacial score (nSPS) is 10.6. The van der Waals surface area contributed by atoms with Gasteiger partial charge in [-0.25, -0.2) is 9.97 Å². The van der Waals surface area contributed by atoms with Crippen LogP contribution in [0.3, 0.4) is 0 Å². The second-order valence-electron chi connectivity index (χ2n) is 6.63. The molecular weight excluding hydrogens is 372 g/mol. The number of nitrogens with one attached hydrogen (secondary N) is 2. The number of carbonyl (C=O) groups is 2. The van der Waals surface area contributed by atoms with Crippen LogP contribution in [0.4, 0.5) is 5.69 Å². The Balaban J connectivity index is 1.87. The van der Waals surface area contributed by atoms with Gasteiger partial charge in [-0.15, -0.1) is 0 Å². The first kappa shape index (κ1) is 21.9. The van der Waals surface area contributed by atoms with E-state index in [0.717, 1.165) is 39.8 Å². The number of anilines is 1. The molecule has 0 saturated carbocycles. The molecule has 6 nitrogen and oxygen atoms in total. The Morgan fingerprint density at radius 1 is 1.07 bits per heavy atom. The number of carbonyl (C=O) groups excluding carboxylic acids is 2. The van der Waals surface area contributed by atoms with Crippen molar-refractivity contribution < 1.29 is 9.59 Å². The smallest absolute Gasteiger partial charge is 0.224 e. The van der Waals surface area contributed by atoms with Gasteiger partial charge < -0.3 is 10.6 Å². The van der Waals surface area contributed by atoms with Crippen molar-refractivity contribution in [1.82, 2.24) is 15.3 Å². The largest absolute Gasteiger partial charge is 0.352 e. The highest BCUT2D eigenvalue weighted by Crippen LogP contribution is 2.17. The summed E-state index contributed by atoms with van der Waals surface area (Å²) in [5.41, 5.74) is 4.60. The number of thioether (sulfide) groups is 1. The number of nitrogens with zero attached hydrogens (tertiary/aromatic N) is 2. The van der Waals surface area contributed by atoms with Gasteiger partial charge in [-0.2, -0.15) is 0 Å². The Bertz CT molecular complexity index is 816. The number of amides is 2. The van der Waals surface area contributed by atoms with Gasteiger partial charge in [0.15, 0.2) is 5.16 Å². The minimum atomic E-state index is -0.0202. The van der Waals surface area contributed by atoms with Gasteiger partial charge in [0.25, 0.3) is 0 Å². The van der Waals surface area contributed by atoms with E-state index in [-0.39, 0.29) is 11.8 Å². The Morgan fingerprint density at radius 2 is 1.79 bits per heavy atom. The number of benzene rings is 1. The van der Waals surface area contributed by atoms with E-state index in [0.29, 0.717) is 25.8 Å². The topological polar surface area (TPSA) is 84.0 Å². The fourth-order valence-corrected chi connectivity index (χ4v) is 3.36. The van der Waals surface area contributed by atoms with E-state index < -0.39 is 0 Å². The third-order valence-corrected chi connectivity index (χ3v) is 4.91.